The fourth-order valence-corrected chi connectivity index (χ4v) is 2.80. The molecule has 7 nitrogen and oxygen atoms in total. The van der Waals surface area contributed by atoms with E-state index < -0.39 is 25.7 Å². The molecule has 0 bridgehead atoms. The summed E-state index contributed by atoms with van der Waals surface area (Å²) in [7, 11) is -7.60. The predicted molar refractivity (Wildman–Crippen MR) is 88.8 cm³/mol. The minimum atomic E-state index is -5.84. The number of hydrogen-bond acceptors (Lipinski definition) is 6. The second-order valence-corrected chi connectivity index (χ2v) is 8.86. The molecule has 0 fully saturated rings. The average molecular weight is 427 g/mol. The van der Waals surface area contributed by atoms with Gasteiger partial charge in [0, 0.05) is 6.54 Å². The maximum atomic E-state index is 10.7. The zero-order valence-electron chi connectivity index (χ0n) is 13.3. The largest absolute Gasteiger partial charge is 0.522 e. The molecule has 1 aromatic heterocycles. The summed E-state index contributed by atoms with van der Waals surface area (Å²) in [5.41, 5.74) is -4.19. The molecule has 0 aliphatic heterocycles. The number of likely N-dealkylation sites (N-methyl/N-ethyl adjacent to an activating group) is 1. The van der Waals surface area contributed by atoms with Crippen LogP contribution in [0.4, 0.5) is 13.2 Å². The third-order valence-corrected chi connectivity index (χ3v) is 4.97. The van der Waals surface area contributed by atoms with Crippen LogP contribution in [-0.4, -0.2) is 62.2 Å². The molecular weight excluding hydrogens is 407 g/mol. The summed E-state index contributed by atoms with van der Waals surface area (Å²) >= 11 is 1.70. The number of alkyl halides is 3. The lowest BCUT2D eigenvalue weighted by Crippen LogP contribution is -2.22. The van der Waals surface area contributed by atoms with Gasteiger partial charge in [-0.1, -0.05) is 0 Å². The Kier molecular flexibility index (Phi) is 10.1. The normalized spacial score (nSPS) is 12.8. The van der Waals surface area contributed by atoms with Crippen LogP contribution in [0.1, 0.15) is 18.4 Å². The van der Waals surface area contributed by atoms with Crippen molar-refractivity contribution < 1.29 is 39.1 Å². The summed E-state index contributed by atoms with van der Waals surface area (Å²) in [6.45, 7) is 1.84. The highest BCUT2D eigenvalue weighted by molar-refractivity contribution is 7.86. The van der Waals surface area contributed by atoms with Crippen LogP contribution in [0.3, 0.4) is 0 Å². The fraction of sp³-hybridized carbons (Fsp3) is 0.667. The maximum Gasteiger partial charge on any atom is 0.522 e. The van der Waals surface area contributed by atoms with Gasteiger partial charge in [0.1, 0.15) is 0 Å². The molecule has 0 saturated carbocycles. The van der Waals surface area contributed by atoms with Crippen molar-refractivity contribution in [2.24, 2.45) is 0 Å². The van der Waals surface area contributed by atoms with E-state index in [0.717, 1.165) is 25.9 Å². The summed E-state index contributed by atoms with van der Waals surface area (Å²) in [5, 5.41) is 4.22. The number of nitrogens with zero attached hydrogens (tertiary/aromatic N) is 1. The number of thiophene rings is 1. The smallest absolute Gasteiger partial charge is 0.306 e. The third-order valence-electron chi connectivity index (χ3n) is 2.85. The van der Waals surface area contributed by atoms with Crippen molar-refractivity contribution in [1.82, 2.24) is 4.90 Å². The molecule has 13 heteroatoms. The summed E-state index contributed by atoms with van der Waals surface area (Å²) in [5.74, 6) is -0.134. The molecule has 148 valence electrons. The topological polar surface area (TPSA) is 112 Å². The second-order valence-electron chi connectivity index (χ2n) is 5.10. The third kappa shape index (κ3) is 13.2. The van der Waals surface area contributed by atoms with E-state index in [-0.39, 0.29) is 5.75 Å². The van der Waals surface area contributed by atoms with E-state index >= 15 is 0 Å². The SMILES string of the molecule is CN(CCCCS(=O)(=O)O)CCc1ccsc1.O=S(=O)(O)C(F)(F)F. The van der Waals surface area contributed by atoms with Crippen LogP contribution in [0.25, 0.3) is 0 Å². The van der Waals surface area contributed by atoms with E-state index in [1.807, 2.05) is 7.05 Å². The molecule has 25 heavy (non-hydrogen) atoms. The summed E-state index contributed by atoms with van der Waals surface area (Å²) in [6.07, 6.45) is 2.33. The fourth-order valence-electron chi connectivity index (χ4n) is 1.53. The van der Waals surface area contributed by atoms with E-state index in [1.165, 1.54) is 5.56 Å². The molecular formula is C12H20F3NO6S3. The van der Waals surface area contributed by atoms with E-state index in [0.29, 0.717) is 6.42 Å². The van der Waals surface area contributed by atoms with Crippen LogP contribution in [0.2, 0.25) is 0 Å². The van der Waals surface area contributed by atoms with Crippen molar-refractivity contribution in [3.8, 4) is 0 Å². The summed E-state index contributed by atoms with van der Waals surface area (Å²) < 4.78 is 87.1. The molecule has 0 radical (unpaired) electrons. The lowest BCUT2D eigenvalue weighted by atomic mass is 10.2. The van der Waals surface area contributed by atoms with Crippen LogP contribution >= 0.6 is 11.3 Å². The second kappa shape index (κ2) is 10.4. The monoisotopic (exact) mass is 427 g/mol. The first-order valence-electron chi connectivity index (χ1n) is 6.91. The number of hydrogen-bond donors (Lipinski definition) is 2. The highest BCUT2D eigenvalue weighted by atomic mass is 32.2. The Bertz CT molecular complexity index is 686. The quantitative estimate of drug-likeness (QED) is 0.372. The van der Waals surface area contributed by atoms with Crippen molar-refractivity contribution in [2.75, 3.05) is 25.9 Å². The average Bonchev–Trinajstić information content (AvgIpc) is 2.92. The van der Waals surface area contributed by atoms with Gasteiger partial charge in [0.15, 0.2) is 0 Å². The Balaban J connectivity index is 0.000000609. The molecule has 1 aromatic rings. The zero-order chi connectivity index (χ0) is 19.7. The predicted octanol–water partition coefficient (Wildman–Crippen LogP) is 2.28. The van der Waals surface area contributed by atoms with Crippen LogP contribution in [-0.2, 0) is 26.7 Å². The molecule has 0 aliphatic rings. The molecule has 0 atom stereocenters. The standard InChI is InChI=1S/C11H19NO3S2.CHF3O3S/c1-12(6-2-3-9-17(13,14)15)7-4-11-5-8-16-10-11;2-1(3,4)8(5,6)7/h5,8,10H,2-4,6-7,9H2,1H3,(H,13,14,15);(H,5,6,7). The first kappa shape index (κ1) is 24.3. The molecule has 0 unspecified atom stereocenters. The van der Waals surface area contributed by atoms with Gasteiger partial charge in [-0.25, -0.2) is 0 Å². The molecule has 1 rings (SSSR count). The van der Waals surface area contributed by atoms with Crippen molar-refractivity contribution in [3.05, 3.63) is 22.4 Å². The van der Waals surface area contributed by atoms with Gasteiger partial charge in [-0.05, 0) is 55.2 Å². The molecule has 0 aliphatic carbocycles. The van der Waals surface area contributed by atoms with Crippen LogP contribution < -0.4 is 0 Å². The molecule has 1 heterocycles. The van der Waals surface area contributed by atoms with Crippen LogP contribution in [0.5, 0.6) is 0 Å². The Labute approximate surface area is 149 Å². The highest BCUT2D eigenvalue weighted by Crippen LogP contribution is 2.20. The maximum absolute atomic E-state index is 10.7. The Morgan fingerprint density at radius 2 is 1.68 bits per heavy atom. The van der Waals surface area contributed by atoms with Gasteiger partial charge < -0.3 is 4.90 Å². The van der Waals surface area contributed by atoms with Crippen LogP contribution in [0.15, 0.2) is 16.8 Å². The Hall–Kier alpha value is -0.730. The minimum absolute atomic E-state index is 0.134. The summed E-state index contributed by atoms with van der Waals surface area (Å²) in [4.78, 5) is 2.18. The van der Waals surface area contributed by atoms with Gasteiger partial charge in [-0.3, -0.25) is 9.11 Å². The lowest BCUT2D eigenvalue weighted by Gasteiger charge is -2.15. The van der Waals surface area contributed by atoms with E-state index in [4.69, 9.17) is 17.5 Å². The lowest BCUT2D eigenvalue weighted by molar-refractivity contribution is -0.0510. The summed E-state index contributed by atoms with van der Waals surface area (Å²) in [6, 6.07) is 2.12. The molecule has 0 aromatic carbocycles. The molecule has 0 saturated heterocycles. The Morgan fingerprint density at radius 3 is 2.08 bits per heavy atom. The van der Waals surface area contributed by atoms with Crippen molar-refractivity contribution in [2.45, 2.75) is 24.8 Å². The van der Waals surface area contributed by atoms with Gasteiger partial charge in [-0.15, -0.1) is 0 Å². The van der Waals surface area contributed by atoms with E-state index in [2.05, 4.69) is 21.7 Å². The first-order valence-corrected chi connectivity index (χ1v) is 10.9. The zero-order valence-corrected chi connectivity index (χ0v) is 15.8. The molecule has 0 spiro atoms. The van der Waals surface area contributed by atoms with Crippen molar-refractivity contribution >= 4 is 31.6 Å². The number of halogens is 3. The number of unbranched alkanes of at least 4 members (excludes halogenated alkanes) is 1. The molecule has 2 N–H and O–H groups in total. The van der Waals surface area contributed by atoms with E-state index in [9.17, 15) is 21.6 Å². The van der Waals surface area contributed by atoms with Gasteiger partial charge in [0.25, 0.3) is 10.1 Å². The first-order chi connectivity index (χ1) is 11.2. The minimum Gasteiger partial charge on any atom is -0.306 e. The van der Waals surface area contributed by atoms with Gasteiger partial charge >= 0.3 is 15.6 Å². The number of rotatable bonds is 8. The van der Waals surface area contributed by atoms with Crippen molar-refractivity contribution in [3.63, 3.8) is 0 Å². The Morgan fingerprint density at radius 1 is 1.12 bits per heavy atom. The van der Waals surface area contributed by atoms with Crippen LogP contribution in [0, 0.1) is 0 Å². The van der Waals surface area contributed by atoms with E-state index in [1.54, 1.807) is 11.3 Å². The van der Waals surface area contributed by atoms with Crippen molar-refractivity contribution in [1.29, 1.82) is 0 Å². The van der Waals surface area contributed by atoms with Gasteiger partial charge in [-0.2, -0.15) is 41.3 Å². The molecule has 0 amide bonds. The van der Waals surface area contributed by atoms with Gasteiger partial charge in [0.2, 0.25) is 0 Å². The van der Waals surface area contributed by atoms with Gasteiger partial charge in [0.05, 0.1) is 5.75 Å². The highest BCUT2D eigenvalue weighted by Gasteiger charge is 2.44.